The van der Waals surface area contributed by atoms with Crippen molar-refractivity contribution in [2.24, 2.45) is 12.0 Å². The highest BCUT2D eigenvalue weighted by molar-refractivity contribution is 5.89. The van der Waals surface area contributed by atoms with E-state index >= 15 is 0 Å². The molecule has 4 nitrogen and oxygen atoms in total. The summed E-state index contributed by atoms with van der Waals surface area (Å²) in [6, 6.07) is 0.449. The number of ether oxygens (including phenoxy) is 1. The first kappa shape index (κ1) is 14.1. The smallest absolute Gasteiger partial charge is 0.344 e. The van der Waals surface area contributed by atoms with Gasteiger partial charge in [-0.05, 0) is 19.3 Å². The van der Waals surface area contributed by atoms with E-state index in [4.69, 9.17) is 9.73 Å². The molecule has 1 aromatic heterocycles. The number of imidazole rings is 1. The Labute approximate surface area is 116 Å². The first-order valence-electron chi connectivity index (χ1n) is 7.43. The summed E-state index contributed by atoms with van der Waals surface area (Å²) in [5.74, 6) is 1.87. The van der Waals surface area contributed by atoms with E-state index in [1.807, 2.05) is 0 Å². The molecule has 1 heterocycles. The number of hydrogen-bond donors (Lipinski definition) is 0. The number of aromatic nitrogens is 2. The monoisotopic (exact) mass is 264 g/mol. The molecule has 0 aliphatic heterocycles. The van der Waals surface area contributed by atoms with Crippen LogP contribution in [0.15, 0.2) is 17.4 Å². The molecule has 1 aliphatic rings. The fraction of sp³-hybridized carbons (Fsp3) is 0.733. The van der Waals surface area contributed by atoms with Crippen LogP contribution in [0.3, 0.4) is 0 Å². The van der Waals surface area contributed by atoms with Gasteiger partial charge in [-0.15, -0.1) is 0 Å². The standard InChI is InChI=1S/C15H26N3O/c1-4-5-10-18-12-11-17(2)15(18)14(19-3)16-13-8-6-7-9-13/h11-13H,4-10H2,1-3H3/q+1. The zero-order valence-corrected chi connectivity index (χ0v) is 12.4. The minimum absolute atomic E-state index is 0.449. The molecule has 2 rings (SSSR count). The van der Waals surface area contributed by atoms with Gasteiger partial charge in [0, 0.05) is 0 Å². The Balaban J connectivity index is 2.23. The lowest BCUT2D eigenvalue weighted by molar-refractivity contribution is -0.672. The molecular weight excluding hydrogens is 238 g/mol. The summed E-state index contributed by atoms with van der Waals surface area (Å²) < 4.78 is 9.92. The van der Waals surface area contributed by atoms with Crippen LogP contribution in [0.5, 0.6) is 0 Å². The molecule has 0 atom stereocenters. The molecule has 0 N–H and O–H groups in total. The van der Waals surface area contributed by atoms with Gasteiger partial charge in [0.1, 0.15) is 12.4 Å². The zero-order chi connectivity index (χ0) is 13.7. The molecule has 4 heteroatoms. The van der Waals surface area contributed by atoms with E-state index in [1.165, 1.54) is 38.5 Å². The third-order valence-corrected chi connectivity index (χ3v) is 3.84. The summed E-state index contributed by atoms with van der Waals surface area (Å²) in [6.45, 7) is 3.24. The topological polar surface area (TPSA) is 30.4 Å². The van der Waals surface area contributed by atoms with Crippen molar-refractivity contribution in [1.82, 2.24) is 4.57 Å². The van der Waals surface area contributed by atoms with Crippen LogP contribution in [0.1, 0.15) is 51.3 Å². The molecule has 0 saturated heterocycles. The summed E-state index contributed by atoms with van der Waals surface area (Å²) >= 11 is 0. The predicted octanol–water partition coefficient (Wildman–Crippen LogP) is 2.45. The van der Waals surface area contributed by atoms with Crippen LogP contribution in [0.4, 0.5) is 0 Å². The Morgan fingerprint density at radius 1 is 1.47 bits per heavy atom. The number of methoxy groups -OCH3 is 1. The van der Waals surface area contributed by atoms with Crippen molar-refractivity contribution in [3.8, 4) is 0 Å². The maximum Gasteiger partial charge on any atom is 0.344 e. The van der Waals surface area contributed by atoms with E-state index in [0.29, 0.717) is 6.04 Å². The first-order valence-corrected chi connectivity index (χ1v) is 7.43. The lowest BCUT2D eigenvalue weighted by Crippen LogP contribution is -2.36. The average Bonchev–Trinajstić information content (AvgIpc) is 3.04. The van der Waals surface area contributed by atoms with Gasteiger partial charge in [0.05, 0.1) is 26.7 Å². The van der Waals surface area contributed by atoms with Gasteiger partial charge in [0.15, 0.2) is 0 Å². The molecule has 0 radical (unpaired) electrons. The molecule has 0 bridgehead atoms. The third-order valence-electron chi connectivity index (χ3n) is 3.84. The van der Waals surface area contributed by atoms with Gasteiger partial charge < -0.3 is 4.74 Å². The lowest BCUT2D eigenvalue weighted by atomic mass is 10.3. The Kier molecular flexibility index (Phi) is 5.00. The van der Waals surface area contributed by atoms with E-state index < -0.39 is 0 Å². The summed E-state index contributed by atoms with van der Waals surface area (Å²) in [4.78, 5) is 4.82. The van der Waals surface area contributed by atoms with Crippen molar-refractivity contribution in [2.45, 2.75) is 58.0 Å². The first-order chi connectivity index (χ1) is 9.26. The maximum absolute atomic E-state index is 5.57. The fourth-order valence-electron chi connectivity index (χ4n) is 2.71. The van der Waals surface area contributed by atoms with Crippen LogP contribution in [0.25, 0.3) is 0 Å². The Morgan fingerprint density at radius 3 is 2.84 bits per heavy atom. The fourth-order valence-corrected chi connectivity index (χ4v) is 2.71. The molecular formula is C15H26N3O+. The zero-order valence-electron chi connectivity index (χ0n) is 12.4. The normalized spacial score (nSPS) is 17.1. The van der Waals surface area contributed by atoms with Crippen LogP contribution in [0.2, 0.25) is 0 Å². The quantitative estimate of drug-likeness (QED) is 0.456. The van der Waals surface area contributed by atoms with Crippen LogP contribution in [-0.4, -0.2) is 23.6 Å². The highest BCUT2D eigenvalue weighted by atomic mass is 16.5. The number of nitrogens with zero attached hydrogens (tertiary/aromatic N) is 3. The molecule has 106 valence electrons. The van der Waals surface area contributed by atoms with Crippen molar-refractivity contribution in [3.05, 3.63) is 18.2 Å². The summed E-state index contributed by atoms with van der Waals surface area (Å²) in [5, 5.41) is 0. The second-order valence-corrected chi connectivity index (χ2v) is 5.36. The average molecular weight is 264 g/mol. The maximum atomic E-state index is 5.57. The van der Waals surface area contributed by atoms with Crippen LogP contribution < -0.4 is 4.57 Å². The summed E-state index contributed by atoms with van der Waals surface area (Å²) in [6.07, 6.45) is 11.6. The SMILES string of the molecule is CCCCn1cc[n+](C)c1C(=NC1CCCC1)OC. The van der Waals surface area contributed by atoms with E-state index in [-0.39, 0.29) is 0 Å². The molecule has 1 saturated carbocycles. The van der Waals surface area contributed by atoms with Crippen molar-refractivity contribution < 1.29 is 9.30 Å². The Hall–Kier alpha value is -1.32. The Morgan fingerprint density at radius 2 is 2.21 bits per heavy atom. The highest BCUT2D eigenvalue weighted by Gasteiger charge is 2.24. The van der Waals surface area contributed by atoms with E-state index in [1.54, 1.807) is 7.11 Å². The summed E-state index contributed by atoms with van der Waals surface area (Å²) in [7, 11) is 3.78. The number of aliphatic imine (C=N–C) groups is 1. The third kappa shape index (κ3) is 3.37. The minimum atomic E-state index is 0.449. The Bertz CT molecular complexity index is 431. The molecule has 1 aromatic rings. The van der Waals surface area contributed by atoms with Crippen molar-refractivity contribution >= 4 is 5.90 Å². The van der Waals surface area contributed by atoms with E-state index in [9.17, 15) is 0 Å². The van der Waals surface area contributed by atoms with Gasteiger partial charge in [-0.1, -0.05) is 26.2 Å². The van der Waals surface area contributed by atoms with E-state index in [2.05, 4.69) is 35.5 Å². The molecule has 0 spiro atoms. The number of unbranched alkanes of at least 4 members (excludes halogenated alkanes) is 1. The molecule has 0 unspecified atom stereocenters. The number of aryl methyl sites for hydroxylation is 2. The molecule has 1 fully saturated rings. The molecule has 19 heavy (non-hydrogen) atoms. The van der Waals surface area contributed by atoms with Gasteiger partial charge in [0.25, 0.3) is 0 Å². The van der Waals surface area contributed by atoms with Crippen molar-refractivity contribution in [1.29, 1.82) is 0 Å². The second-order valence-electron chi connectivity index (χ2n) is 5.36. The lowest BCUT2D eigenvalue weighted by Gasteiger charge is -2.08. The number of hydrogen-bond acceptors (Lipinski definition) is 2. The van der Waals surface area contributed by atoms with Gasteiger partial charge in [-0.3, -0.25) is 0 Å². The van der Waals surface area contributed by atoms with Gasteiger partial charge in [-0.2, -0.15) is 0 Å². The predicted molar refractivity (Wildman–Crippen MR) is 76.3 cm³/mol. The van der Waals surface area contributed by atoms with Crippen molar-refractivity contribution in [3.63, 3.8) is 0 Å². The van der Waals surface area contributed by atoms with Crippen LogP contribution >= 0.6 is 0 Å². The van der Waals surface area contributed by atoms with Gasteiger partial charge in [0.2, 0.25) is 0 Å². The van der Waals surface area contributed by atoms with Gasteiger partial charge >= 0.3 is 11.7 Å². The van der Waals surface area contributed by atoms with E-state index in [0.717, 1.165) is 18.3 Å². The molecule has 0 aromatic carbocycles. The van der Waals surface area contributed by atoms with Crippen molar-refractivity contribution in [2.75, 3.05) is 7.11 Å². The highest BCUT2D eigenvalue weighted by Crippen LogP contribution is 2.21. The van der Waals surface area contributed by atoms with Crippen LogP contribution in [0, 0.1) is 0 Å². The summed E-state index contributed by atoms with van der Waals surface area (Å²) in [5.41, 5.74) is 0. The van der Waals surface area contributed by atoms with Gasteiger partial charge in [-0.25, -0.2) is 14.1 Å². The minimum Gasteiger partial charge on any atom is -0.475 e. The number of rotatable bonds is 5. The van der Waals surface area contributed by atoms with Crippen LogP contribution in [-0.2, 0) is 18.3 Å². The molecule has 0 amide bonds. The second kappa shape index (κ2) is 6.73. The molecule has 1 aliphatic carbocycles. The largest absolute Gasteiger partial charge is 0.475 e.